The molecule has 5 heteroatoms. The number of aldehydes is 1. The summed E-state index contributed by atoms with van der Waals surface area (Å²) in [5, 5.41) is 9.96. The monoisotopic (exact) mass is 337 g/mol. The fourth-order valence-corrected chi connectivity index (χ4v) is 2.52. The highest BCUT2D eigenvalue weighted by molar-refractivity contribution is 5.76. The van der Waals surface area contributed by atoms with Gasteiger partial charge in [-0.15, -0.1) is 0 Å². The molecule has 24 heavy (non-hydrogen) atoms. The molecule has 0 saturated heterocycles. The van der Waals surface area contributed by atoms with Gasteiger partial charge < -0.3 is 15.2 Å². The molecular formula is C19H31NO4. The van der Waals surface area contributed by atoms with Crippen molar-refractivity contribution >= 4 is 12.4 Å². The predicted molar refractivity (Wildman–Crippen MR) is 96.8 cm³/mol. The summed E-state index contributed by atoms with van der Waals surface area (Å²) >= 11 is 0. The fraction of sp³-hybridized carbons (Fsp3) is 0.579. The molecule has 1 aliphatic rings. The number of nitrogens with one attached hydrogen (secondary N) is 1. The van der Waals surface area contributed by atoms with Gasteiger partial charge in [0.1, 0.15) is 11.9 Å². The third-order valence-corrected chi connectivity index (χ3v) is 3.54. The van der Waals surface area contributed by atoms with Crippen LogP contribution in [0.2, 0.25) is 0 Å². The zero-order valence-electron chi connectivity index (χ0n) is 15.5. The van der Waals surface area contributed by atoms with Crippen molar-refractivity contribution in [3.63, 3.8) is 0 Å². The highest BCUT2D eigenvalue weighted by Gasteiger charge is 2.23. The van der Waals surface area contributed by atoms with E-state index in [0.717, 1.165) is 39.1 Å². The Morgan fingerprint density at radius 3 is 2.42 bits per heavy atom. The van der Waals surface area contributed by atoms with Gasteiger partial charge in [-0.1, -0.05) is 29.9 Å². The Balaban J connectivity index is 0.00000254. The van der Waals surface area contributed by atoms with Crippen LogP contribution in [-0.2, 0) is 9.53 Å². The standard InChI is InChI=1S/C18H27NO3.CH4O/c1-6-15-9-7-14(11-13(2)12-20)8-10-16(15)19-17(21)22-18(3,4)5;1-2/h6,11-12,16H,2,7-10H2,1,3-5H3,(H,19,21);2H,1H3/b14-11+,15-6+;. The molecule has 136 valence electrons. The maximum atomic E-state index is 12.0. The average Bonchev–Trinajstić information content (AvgIpc) is 2.69. The van der Waals surface area contributed by atoms with Gasteiger partial charge in [0, 0.05) is 12.7 Å². The molecule has 1 saturated carbocycles. The highest BCUT2D eigenvalue weighted by Crippen LogP contribution is 2.27. The van der Waals surface area contributed by atoms with Crippen molar-refractivity contribution in [3.05, 3.63) is 35.5 Å². The summed E-state index contributed by atoms with van der Waals surface area (Å²) in [5.41, 5.74) is 2.39. The van der Waals surface area contributed by atoms with E-state index in [1.807, 2.05) is 33.8 Å². The van der Waals surface area contributed by atoms with Crippen LogP contribution in [0.15, 0.2) is 35.5 Å². The third-order valence-electron chi connectivity index (χ3n) is 3.54. The minimum atomic E-state index is -0.502. The van der Waals surface area contributed by atoms with Gasteiger partial charge in [0.15, 0.2) is 0 Å². The number of carbonyl (C=O) groups excluding carboxylic acids is 2. The van der Waals surface area contributed by atoms with Gasteiger partial charge in [0.25, 0.3) is 0 Å². The SMILES string of the molecule is C=C(C=O)/C=C1\CC/C(=C\C)C(NC(=O)OC(C)(C)C)CC1.CO. The second-order valence-electron chi connectivity index (χ2n) is 6.60. The van der Waals surface area contributed by atoms with E-state index in [0.29, 0.717) is 5.57 Å². The molecule has 1 unspecified atom stereocenters. The van der Waals surface area contributed by atoms with Crippen LogP contribution in [0.25, 0.3) is 0 Å². The lowest BCUT2D eigenvalue weighted by molar-refractivity contribution is -0.104. The van der Waals surface area contributed by atoms with Crippen molar-refractivity contribution in [1.82, 2.24) is 5.32 Å². The predicted octanol–water partition coefficient (Wildman–Crippen LogP) is 3.69. The zero-order chi connectivity index (χ0) is 18.8. The Bertz CT molecular complexity index is 498. The first-order valence-corrected chi connectivity index (χ1v) is 8.18. The van der Waals surface area contributed by atoms with Crippen molar-refractivity contribution < 1.29 is 19.4 Å². The molecule has 1 rings (SSSR count). The molecule has 0 aromatic heterocycles. The van der Waals surface area contributed by atoms with Crippen LogP contribution < -0.4 is 5.32 Å². The quantitative estimate of drug-likeness (QED) is 0.356. The van der Waals surface area contributed by atoms with E-state index >= 15 is 0 Å². The summed E-state index contributed by atoms with van der Waals surface area (Å²) in [6.45, 7) is 11.2. The van der Waals surface area contributed by atoms with E-state index in [-0.39, 0.29) is 12.1 Å². The lowest BCUT2D eigenvalue weighted by Gasteiger charge is -2.24. The minimum Gasteiger partial charge on any atom is -0.444 e. The van der Waals surface area contributed by atoms with E-state index in [1.165, 1.54) is 11.1 Å². The maximum Gasteiger partial charge on any atom is 0.408 e. The molecule has 0 heterocycles. The van der Waals surface area contributed by atoms with Gasteiger partial charge in [-0.3, -0.25) is 4.79 Å². The van der Waals surface area contributed by atoms with Crippen LogP contribution in [0.4, 0.5) is 4.79 Å². The van der Waals surface area contributed by atoms with Crippen LogP contribution in [-0.4, -0.2) is 36.2 Å². The molecular weight excluding hydrogens is 306 g/mol. The Morgan fingerprint density at radius 2 is 1.92 bits per heavy atom. The molecule has 1 aliphatic carbocycles. The normalized spacial score (nSPS) is 21.3. The number of alkyl carbamates (subject to hydrolysis) is 1. The van der Waals surface area contributed by atoms with Crippen LogP contribution in [0.3, 0.4) is 0 Å². The number of ether oxygens (including phenoxy) is 1. The van der Waals surface area contributed by atoms with Crippen LogP contribution in [0, 0.1) is 0 Å². The Labute approximate surface area is 145 Å². The second kappa shape index (κ2) is 10.8. The van der Waals surface area contributed by atoms with E-state index < -0.39 is 5.60 Å². The van der Waals surface area contributed by atoms with Gasteiger partial charge >= 0.3 is 6.09 Å². The largest absolute Gasteiger partial charge is 0.444 e. The molecule has 0 spiro atoms. The number of rotatable bonds is 3. The van der Waals surface area contributed by atoms with E-state index in [4.69, 9.17) is 9.84 Å². The highest BCUT2D eigenvalue weighted by atomic mass is 16.6. The molecule has 1 fully saturated rings. The summed E-state index contributed by atoms with van der Waals surface area (Å²) in [6.07, 6.45) is 7.69. The van der Waals surface area contributed by atoms with Gasteiger partial charge in [-0.2, -0.15) is 0 Å². The first-order valence-electron chi connectivity index (χ1n) is 8.18. The maximum absolute atomic E-state index is 12.0. The molecule has 5 nitrogen and oxygen atoms in total. The van der Waals surface area contributed by atoms with Gasteiger partial charge in [-0.25, -0.2) is 4.79 Å². The lowest BCUT2D eigenvalue weighted by Crippen LogP contribution is -2.39. The second-order valence-corrected chi connectivity index (χ2v) is 6.60. The topological polar surface area (TPSA) is 75.6 Å². The van der Waals surface area contributed by atoms with E-state index in [2.05, 4.69) is 18.0 Å². The number of aliphatic hydroxyl groups excluding tert-OH is 1. The number of carbonyl (C=O) groups is 2. The van der Waals surface area contributed by atoms with Crippen LogP contribution in [0.1, 0.15) is 53.4 Å². The Morgan fingerprint density at radius 1 is 1.29 bits per heavy atom. The van der Waals surface area contributed by atoms with E-state index in [1.54, 1.807) is 0 Å². The number of hydrogen-bond donors (Lipinski definition) is 2. The Hall–Kier alpha value is -1.88. The molecule has 2 N–H and O–H groups in total. The molecule has 1 atom stereocenters. The number of amides is 1. The summed E-state index contributed by atoms with van der Waals surface area (Å²) < 4.78 is 5.33. The Kier molecular flexibility index (Phi) is 9.97. The summed E-state index contributed by atoms with van der Waals surface area (Å²) in [6, 6.07) is -0.0183. The first kappa shape index (κ1) is 22.1. The molecule has 0 bridgehead atoms. The van der Waals surface area contributed by atoms with Gasteiger partial charge in [-0.05, 0) is 53.4 Å². The first-order chi connectivity index (χ1) is 11.2. The third kappa shape index (κ3) is 8.67. The smallest absolute Gasteiger partial charge is 0.408 e. The van der Waals surface area contributed by atoms with Crippen molar-refractivity contribution in [3.8, 4) is 0 Å². The van der Waals surface area contributed by atoms with Gasteiger partial charge in [0.05, 0.1) is 6.04 Å². The van der Waals surface area contributed by atoms with Crippen molar-refractivity contribution in [2.75, 3.05) is 7.11 Å². The lowest BCUT2D eigenvalue weighted by atomic mass is 10.0. The molecule has 0 aromatic carbocycles. The van der Waals surface area contributed by atoms with Crippen molar-refractivity contribution in [1.29, 1.82) is 0 Å². The molecule has 0 aromatic rings. The summed E-state index contributed by atoms with van der Waals surface area (Å²) in [4.78, 5) is 22.7. The van der Waals surface area contributed by atoms with Crippen LogP contribution >= 0.6 is 0 Å². The number of hydrogen-bond acceptors (Lipinski definition) is 4. The zero-order valence-corrected chi connectivity index (χ0v) is 15.5. The number of aliphatic hydroxyl groups is 1. The van der Waals surface area contributed by atoms with Crippen LogP contribution in [0.5, 0.6) is 0 Å². The van der Waals surface area contributed by atoms with Crippen molar-refractivity contribution in [2.24, 2.45) is 0 Å². The molecule has 1 amide bonds. The van der Waals surface area contributed by atoms with Gasteiger partial charge in [0.2, 0.25) is 0 Å². The molecule has 0 radical (unpaired) electrons. The van der Waals surface area contributed by atoms with E-state index in [9.17, 15) is 9.59 Å². The molecule has 0 aliphatic heterocycles. The average molecular weight is 337 g/mol. The summed E-state index contributed by atoms with van der Waals surface area (Å²) in [7, 11) is 1.00. The minimum absolute atomic E-state index is 0.0183. The van der Waals surface area contributed by atoms with Crippen molar-refractivity contribution in [2.45, 2.75) is 65.0 Å². The summed E-state index contributed by atoms with van der Waals surface area (Å²) in [5.74, 6) is 0. The fourth-order valence-electron chi connectivity index (χ4n) is 2.52. The number of allylic oxidation sites excluding steroid dienone is 4.